The minimum atomic E-state index is -3.05. The third-order valence-electron chi connectivity index (χ3n) is 5.45. The quantitative estimate of drug-likeness (QED) is 0.621. The van der Waals surface area contributed by atoms with Gasteiger partial charge in [-0.3, -0.25) is 0 Å². The van der Waals surface area contributed by atoms with Gasteiger partial charge in [-0.1, -0.05) is 0 Å². The Hall–Kier alpha value is -2.88. The summed E-state index contributed by atoms with van der Waals surface area (Å²) < 4.78 is 37.3. The number of aromatic nitrogens is 4. The number of piperazine rings is 1. The van der Waals surface area contributed by atoms with Crippen LogP contribution in [-0.2, 0) is 22.0 Å². The van der Waals surface area contributed by atoms with Gasteiger partial charge < -0.3 is 9.80 Å². The van der Waals surface area contributed by atoms with Crippen LogP contribution in [0.2, 0.25) is 0 Å². The van der Waals surface area contributed by atoms with Crippen molar-refractivity contribution >= 4 is 32.4 Å². The molecule has 1 aromatic carbocycles. The Labute approximate surface area is 167 Å². The second kappa shape index (κ2) is 6.87. The van der Waals surface area contributed by atoms with E-state index in [1.807, 2.05) is 6.07 Å². The van der Waals surface area contributed by atoms with Crippen LogP contribution < -0.4 is 9.80 Å². The summed E-state index contributed by atoms with van der Waals surface area (Å²) in [6.07, 6.45) is 1.89. The molecule has 0 saturated carbocycles. The molecule has 0 N–H and O–H groups in total. The normalized spacial score (nSPS) is 18.7. The fourth-order valence-corrected chi connectivity index (χ4v) is 5.28. The van der Waals surface area contributed by atoms with Crippen molar-refractivity contribution in [3.05, 3.63) is 47.7 Å². The van der Waals surface area contributed by atoms with Crippen molar-refractivity contribution in [1.82, 2.24) is 20.2 Å². The molecule has 0 spiro atoms. The molecule has 4 heterocycles. The molecule has 2 aliphatic heterocycles. The van der Waals surface area contributed by atoms with Crippen LogP contribution in [0.5, 0.6) is 0 Å². The summed E-state index contributed by atoms with van der Waals surface area (Å²) in [6.45, 7) is 2.82. The van der Waals surface area contributed by atoms with Gasteiger partial charge in [0, 0.05) is 44.1 Å². The number of halogens is 1. The third-order valence-corrected chi connectivity index (χ3v) is 7.03. The van der Waals surface area contributed by atoms with Crippen LogP contribution >= 0.6 is 0 Å². The van der Waals surface area contributed by atoms with Gasteiger partial charge in [0.2, 0.25) is 0 Å². The molecule has 0 radical (unpaired) electrons. The van der Waals surface area contributed by atoms with Crippen LogP contribution in [0.1, 0.15) is 11.3 Å². The molecule has 2 aromatic heterocycles. The standard InChI is InChI=1S/C19H19FN6O2S/c20-14-1-2-15-17(10-14)21-12-22-19(15)26-6-4-25(5-7-26)18-9-13-11-29(27,28)8-3-16(13)23-24-18/h1-2,9-10,12H,3-8,11H2. The first-order chi connectivity index (χ1) is 14.0. The van der Waals surface area contributed by atoms with E-state index in [4.69, 9.17) is 0 Å². The van der Waals surface area contributed by atoms with Crippen molar-refractivity contribution in [3.8, 4) is 0 Å². The molecule has 0 amide bonds. The first-order valence-electron chi connectivity index (χ1n) is 9.45. The van der Waals surface area contributed by atoms with Gasteiger partial charge in [-0.2, -0.15) is 5.10 Å². The highest BCUT2D eigenvalue weighted by Crippen LogP contribution is 2.26. The van der Waals surface area contributed by atoms with Crippen LogP contribution in [0.25, 0.3) is 10.9 Å². The number of aryl methyl sites for hydroxylation is 1. The lowest BCUT2D eigenvalue weighted by Gasteiger charge is -2.36. The Bertz CT molecular complexity index is 1190. The zero-order chi connectivity index (χ0) is 20.0. The summed E-state index contributed by atoms with van der Waals surface area (Å²) in [5.74, 6) is 1.35. The number of fused-ring (bicyclic) bond motifs is 2. The number of anilines is 2. The number of hydrogen-bond donors (Lipinski definition) is 0. The van der Waals surface area contributed by atoms with Gasteiger partial charge in [0.25, 0.3) is 0 Å². The van der Waals surface area contributed by atoms with Gasteiger partial charge in [0.15, 0.2) is 15.7 Å². The van der Waals surface area contributed by atoms with Crippen molar-refractivity contribution in [2.24, 2.45) is 0 Å². The molecular formula is C19H19FN6O2S. The van der Waals surface area contributed by atoms with Gasteiger partial charge in [0.05, 0.1) is 22.7 Å². The SMILES string of the molecule is O=S1(=O)CCc2nnc(N3CCN(c4ncnc5cc(F)ccc45)CC3)cc2C1. The number of sulfone groups is 1. The molecule has 29 heavy (non-hydrogen) atoms. The molecule has 2 aliphatic rings. The summed E-state index contributed by atoms with van der Waals surface area (Å²) >= 11 is 0. The highest BCUT2D eigenvalue weighted by molar-refractivity contribution is 7.90. The maximum atomic E-state index is 13.5. The average molecular weight is 414 g/mol. The zero-order valence-electron chi connectivity index (χ0n) is 15.6. The van der Waals surface area contributed by atoms with E-state index >= 15 is 0 Å². The van der Waals surface area contributed by atoms with Crippen molar-refractivity contribution < 1.29 is 12.8 Å². The predicted molar refractivity (Wildman–Crippen MR) is 107 cm³/mol. The van der Waals surface area contributed by atoms with Crippen molar-refractivity contribution in [2.75, 3.05) is 41.7 Å². The summed E-state index contributed by atoms with van der Waals surface area (Å²) in [6, 6.07) is 6.40. The number of rotatable bonds is 2. The number of hydrogen-bond acceptors (Lipinski definition) is 8. The van der Waals surface area contributed by atoms with E-state index in [1.54, 1.807) is 6.07 Å². The summed E-state index contributed by atoms with van der Waals surface area (Å²) in [4.78, 5) is 12.8. The molecule has 10 heteroatoms. The number of nitrogens with zero attached hydrogens (tertiary/aromatic N) is 6. The Balaban J connectivity index is 1.35. The molecule has 8 nitrogen and oxygen atoms in total. The van der Waals surface area contributed by atoms with E-state index in [2.05, 4.69) is 30.0 Å². The average Bonchev–Trinajstić information content (AvgIpc) is 2.72. The highest BCUT2D eigenvalue weighted by atomic mass is 32.2. The summed E-state index contributed by atoms with van der Waals surface area (Å²) in [7, 11) is -3.05. The smallest absolute Gasteiger partial charge is 0.154 e. The van der Waals surface area contributed by atoms with E-state index in [1.165, 1.54) is 18.5 Å². The fraction of sp³-hybridized carbons (Fsp3) is 0.368. The fourth-order valence-electron chi connectivity index (χ4n) is 3.91. The van der Waals surface area contributed by atoms with Crippen molar-refractivity contribution in [3.63, 3.8) is 0 Å². The second-order valence-corrected chi connectivity index (χ2v) is 9.53. The van der Waals surface area contributed by atoms with E-state index in [0.29, 0.717) is 43.9 Å². The first kappa shape index (κ1) is 18.2. The maximum absolute atomic E-state index is 13.5. The van der Waals surface area contributed by atoms with Crippen LogP contribution in [-0.4, -0.2) is 60.5 Å². The predicted octanol–water partition coefficient (Wildman–Crippen LogP) is 1.36. The zero-order valence-corrected chi connectivity index (χ0v) is 16.4. The molecule has 0 atom stereocenters. The lowest BCUT2D eigenvalue weighted by molar-refractivity contribution is 0.589. The van der Waals surface area contributed by atoms with Crippen LogP contribution in [0, 0.1) is 5.82 Å². The van der Waals surface area contributed by atoms with E-state index < -0.39 is 9.84 Å². The minimum absolute atomic E-state index is 0.0360. The molecular weight excluding hydrogens is 395 g/mol. The van der Waals surface area contributed by atoms with E-state index in [9.17, 15) is 12.8 Å². The Kier molecular flexibility index (Phi) is 4.30. The molecule has 1 saturated heterocycles. The van der Waals surface area contributed by atoms with Gasteiger partial charge in [-0.25, -0.2) is 22.8 Å². The van der Waals surface area contributed by atoms with E-state index in [-0.39, 0.29) is 17.3 Å². The summed E-state index contributed by atoms with van der Waals surface area (Å²) in [5.41, 5.74) is 2.12. The lowest BCUT2D eigenvalue weighted by atomic mass is 10.1. The molecule has 150 valence electrons. The largest absolute Gasteiger partial charge is 0.352 e. The second-order valence-electron chi connectivity index (χ2n) is 7.35. The van der Waals surface area contributed by atoms with Gasteiger partial charge in [-0.05, 0) is 23.8 Å². The molecule has 0 aliphatic carbocycles. The van der Waals surface area contributed by atoms with E-state index in [0.717, 1.165) is 22.5 Å². The van der Waals surface area contributed by atoms with Crippen LogP contribution in [0.15, 0.2) is 30.6 Å². The lowest BCUT2D eigenvalue weighted by Crippen LogP contribution is -2.47. The minimum Gasteiger partial charge on any atom is -0.352 e. The molecule has 1 fully saturated rings. The molecule has 0 bridgehead atoms. The summed E-state index contributed by atoms with van der Waals surface area (Å²) in [5, 5.41) is 9.40. The third kappa shape index (κ3) is 3.48. The van der Waals surface area contributed by atoms with Gasteiger partial charge in [-0.15, -0.1) is 5.10 Å². The Morgan fingerprint density at radius 1 is 0.966 bits per heavy atom. The van der Waals surface area contributed by atoms with Gasteiger partial charge in [0.1, 0.15) is 18.0 Å². The van der Waals surface area contributed by atoms with Crippen molar-refractivity contribution in [1.29, 1.82) is 0 Å². The maximum Gasteiger partial charge on any atom is 0.154 e. The van der Waals surface area contributed by atoms with Crippen LogP contribution in [0.3, 0.4) is 0 Å². The molecule has 3 aromatic rings. The van der Waals surface area contributed by atoms with Gasteiger partial charge >= 0.3 is 0 Å². The molecule has 0 unspecified atom stereocenters. The van der Waals surface area contributed by atoms with Crippen LogP contribution in [0.4, 0.5) is 16.0 Å². The highest BCUT2D eigenvalue weighted by Gasteiger charge is 2.26. The Morgan fingerprint density at radius 2 is 1.76 bits per heavy atom. The number of benzene rings is 1. The Morgan fingerprint density at radius 3 is 2.59 bits per heavy atom. The first-order valence-corrected chi connectivity index (χ1v) is 11.3. The van der Waals surface area contributed by atoms with Crippen molar-refractivity contribution in [2.45, 2.75) is 12.2 Å². The molecule has 5 rings (SSSR count). The topological polar surface area (TPSA) is 92.2 Å². The monoisotopic (exact) mass is 414 g/mol.